The molecule has 1 heterocycles. The maximum Gasteiger partial charge on any atom is 0.175 e. The number of halogens is 1. The quantitative estimate of drug-likeness (QED) is 0.868. The van der Waals surface area contributed by atoms with Gasteiger partial charge in [0.05, 0.1) is 11.1 Å². The summed E-state index contributed by atoms with van der Waals surface area (Å²) in [5.74, 6) is 7.11. The van der Waals surface area contributed by atoms with E-state index in [1.54, 1.807) is 0 Å². The molecular weight excluding hydrogens is 298 g/mol. The maximum atomic E-state index is 5.68. The van der Waals surface area contributed by atoms with Gasteiger partial charge in [0.1, 0.15) is 13.2 Å². The molecule has 0 spiro atoms. The molecule has 0 atom stereocenters. The van der Waals surface area contributed by atoms with Crippen LogP contribution in [0.5, 0.6) is 11.5 Å². The van der Waals surface area contributed by atoms with E-state index in [1.807, 2.05) is 6.07 Å². The number of hydrogen-bond donors (Lipinski definition) is 1. The van der Waals surface area contributed by atoms with Gasteiger partial charge in [0.2, 0.25) is 0 Å². The summed E-state index contributed by atoms with van der Waals surface area (Å²) in [5.41, 5.74) is 2.42. The number of benzene rings is 1. The van der Waals surface area contributed by atoms with E-state index in [4.69, 9.17) is 15.4 Å². The largest absolute Gasteiger partial charge is 0.486 e. The van der Waals surface area contributed by atoms with Crippen molar-refractivity contribution in [3.05, 3.63) is 21.7 Å². The van der Waals surface area contributed by atoms with E-state index in [0.29, 0.717) is 25.7 Å². The molecule has 1 aliphatic heterocycles. The lowest BCUT2D eigenvalue weighted by molar-refractivity contribution is 0.140. The zero-order valence-electron chi connectivity index (χ0n) is 10.7. The fourth-order valence-corrected chi connectivity index (χ4v) is 3.23. The molecule has 0 fully saturated rings. The molecule has 18 heavy (non-hydrogen) atoms. The van der Waals surface area contributed by atoms with Gasteiger partial charge in [0.25, 0.3) is 0 Å². The molecule has 1 aromatic carbocycles. The van der Waals surface area contributed by atoms with Crippen molar-refractivity contribution < 1.29 is 14.3 Å². The highest BCUT2D eigenvalue weighted by Crippen LogP contribution is 2.44. The van der Waals surface area contributed by atoms with E-state index >= 15 is 0 Å². The number of ether oxygens (including phenoxy) is 2. The predicted molar refractivity (Wildman–Crippen MR) is 73.1 cm³/mol. The Morgan fingerprint density at radius 2 is 2.11 bits per heavy atom. The van der Waals surface area contributed by atoms with Gasteiger partial charge >= 0.3 is 0 Å². The number of nitrogens with two attached hydrogens (primary N) is 1. The molecule has 5 heteroatoms. The Balaban J connectivity index is 2.46. The molecule has 0 unspecified atom stereocenters. The van der Waals surface area contributed by atoms with Gasteiger partial charge in [-0.15, -0.1) is 0 Å². The van der Waals surface area contributed by atoms with Gasteiger partial charge in [-0.3, -0.25) is 0 Å². The predicted octanol–water partition coefficient (Wildman–Crippen LogP) is 2.78. The lowest BCUT2D eigenvalue weighted by atomic mass is 9.94. The van der Waals surface area contributed by atoms with Crippen molar-refractivity contribution in [1.29, 1.82) is 0 Å². The van der Waals surface area contributed by atoms with Crippen LogP contribution in [-0.4, -0.2) is 19.8 Å². The van der Waals surface area contributed by atoms with Gasteiger partial charge in [0.15, 0.2) is 11.5 Å². The van der Waals surface area contributed by atoms with E-state index in [0.717, 1.165) is 22.4 Å². The average molecular weight is 316 g/mol. The van der Waals surface area contributed by atoms with Crippen LogP contribution in [0.25, 0.3) is 0 Å². The minimum Gasteiger partial charge on any atom is -0.486 e. The summed E-state index contributed by atoms with van der Waals surface area (Å²) in [6.45, 7) is 5.99. The van der Waals surface area contributed by atoms with Crippen molar-refractivity contribution in [1.82, 2.24) is 0 Å². The normalized spacial score (nSPS) is 14.1. The monoisotopic (exact) mass is 315 g/mol. The molecular formula is C13H18BrNO3. The second kappa shape index (κ2) is 5.91. The van der Waals surface area contributed by atoms with Crippen LogP contribution in [0.15, 0.2) is 10.5 Å². The summed E-state index contributed by atoms with van der Waals surface area (Å²) < 4.78 is 12.3. The van der Waals surface area contributed by atoms with Crippen molar-refractivity contribution in [3.8, 4) is 11.5 Å². The number of fused-ring (bicyclic) bond motifs is 1. The highest BCUT2D eigenvalue weighted by atomic mass is 79.9. The molecule has 0 radical (unpaired) electrons. The van der Waals surface area contributed by atoms with E-state index in [2.05, 4.69) is 34.6 Å². The molecule has 0 aliphatic carbocycles. The Labute approximate surface area is 115 Å². The van der Waals surface area contributed by atoms with Crippen LogP contribution in [0.1, 0.15) is 30.9 Å². The van der Waals surface area contributed by atoms with Crippen molar-refractivity contribution in [3.63, 3.8) is 0 Å². The van der Waals surface area contributed by atoms with Crippen LogP contribution in [0.4, 0.5) is 0 Å². The standard InChI is InChI=1S/C13H18BrNO3/c1-8(2)11-9(3-4-18-15)7-10-13(12(11)14)17-6-5-16-10/h7-8H,3-6,15H2,1-2H3. The minimum absolute atomic E-state index is 0.392. The van der Waals surface area contributed by atoms with Crippen LogP contribution in [0, 0.1) is 0 Å². The Morgan fingerprint density at radius 1 is 1.39 bits per heavy atom. The molecule has 0 bridgehead atoms. The summed E-state index contributed by atoms with van der Waals surface area (Å²) in [4.78, 5) is 4.68. The highest BCUT2D eigenvalue weighted by Gasteiger charge is 2.22. The van der Waals surface area contributed by atoms with E-state index < -0.39 is 0 Å². The molecule has 2 rings (SSSR count). The first-order chi connectivity index (χ1) is 8.65. The van der Waals surface area contributed by atoms with Crippen molar-refractivity contribution in [2.45, 2.75) is 26.2 Å². The zero-order chi connectivity index (χ0) is 13.1. The first-order valence-electron chi connectivity index (χ1n) is 6.07. The van der Waals surface area contributed by atoms with E-state index in [-0.39, 0.29) is 0 Å². The molecule has 0 amide bonds. The summed E-state index contributed by atoms with van der Waals surface area (Å²) in [6.07, 6.45) is 0.763. The van der Waals surface area contributed by atoms with Gasteiger partial charge in [-0.05, 0) is 45.5 Å². The van der Waals surface area contributed by atoms with Crippen LogP contribution in [0.3, 0.4) is 0 Å². The third kappa shape index (κ3) is 2.63. The fraction of sp³-hybridized carbons (Fsp3) is 0.538. The third-order valence-corrected chi connectivity index (χ3v) is 3.75. The fourth-order valence-electron chi connectivity index (χ4n) is 2.21. The van der Waals surface area contributed by atoms with Gasteiger partial charge in [0, 0.05) is 0 Å². The van der Waals surface area contributed by atoms with Crippen LogP contribution in [-0.2, 0) is 11.3 Å². The zero-order valence-corrected chi connectivity index (χ0v) is 12.2. The highest BCUT2D eigenvalue weighted by molar-refractivity contribution is 9.10. The van der Waals surface area contributed by atoms with E-state index in [1.165, 1.54) is 11.1 Å². The van der Waals surface area contributed by atoms with Gasteiger partial charge in [-0.1, -0.05) is 13.8 Å². The van der Waals surface area contributed by atoms with Crippen molar-refractivity contribution >= 4 is 15.9 Å². The minimum atomic E-state index is 0.392. The lowest BCUT2D eigenvalue weighted by Gasteiger charge is -2.24. The molecule has 1 aliphatic rings. The summed E-state index contributed by atoms with van der Waals surface area (Å²) in [6, 6.07) is 2.04. The Kier molecular flexibility index (Phi) is 4.48. The molecule has 2 N–H and O–H groups in total. The van der Waals surface area contributed by atoms with Crippen LogP contribution < -0.4 is 15.4 Å². The topological polar surface area (TPSA) is 53.7 Å². The Morgan fingerprint density at radius 3 is 2.78 bits per heavy atom. The Bertz CT molecular complexity index is 435. The van der Waals surface area contributed by atoms with Crippen molar-refractivity contribution in [2.24, 2.45) is 5.90 Å². The maximum absolute atomic E-state index is 5.68. The van der Waals surface area contributed by atoms with Crippen LogP contribution in [0.2, 0.25) is 0 Å². The smallest absolute Gasteiger partial charge is 0.175 e. The first-order valence-corrected chi connectivity index (χ1v) is 6.87. The molecule has 0 saturated heterocycles. The molecule has 0 aromatic heterocycles. The molecule has 4 nitrogen and oxygen atoms in total. The number of hydrogen-bond acceptors (Lipinski definition) is 4. The first kappa shape index (κ1) is 13.6. The lowest BCUT2D eigenvalue weighted by Crippen LogP contribution is -2.17. The second-order valence-electron chi connectivity index (χ2n) is 4.56. The molecule has 0 saturated carbocycles. The van der Waals surface area contributed by atoms with Crippen molar-refractivity contribution in [2.75, 3.05) is 19.8 Å². The van der Waals surface area contributed by atoms with Gasteiger partial charge in [-0.2, -0.15) is 0 Å². The average Bonchev–Trinajstić information content (AvgIpc) is 2.36. The summed E-state index contributed by atoms with van der Waals surface area (Å²) in [7, 11) is 0. The summed E-state index contributed by atoms with van der Waals surface area (Å²) in [5, 5.41) is 0. The van der Waals surface area contributed by atoms with Gasteiger partial charge in [-0.25, -0.2) is 5.90 Å². The SMILES string of the molecule is CC(C)c1c(CCON)cc2c(c1Br)OCCO2. The molecule has 100 valence electrons. The van der Waals surface area contributed by atoms with Gasteiger partial charge < -0.3 is 14.3 Å². The Hall–Kier alpha value is -0.780. The molecule has 1 aromatic rings. The van der Waals surface area contributed by atoms with Crippen LogP contribution >= 0.6 is 15.9 Å². The van der Waals surface area contributed by atoms with E-state index in [9.17, 15) is 0 Å². The summed E-state index contributed by atoms with van der Waals surface area (Å²) >= 11 is 3.63. The number of rotatable bonds is 4. The second-order valence-corrected chi connectivity index (χ2v) is 5.36. The third-order valence-electron chi connectivity index (χ3n) is 2.96.